The Balaban J connectivity index is 1.01. The van der Waals surface area contributed by atoms with Gasteiger partial charge in [0.05, 0.1) is 18.2 Å². The third-order valence-electron chi connectivity index (χ3n) is 8.38. The van der Waals surface area contributed by atoms with Crippen molar-refractivity contribution < 1.29 is 22.7 Å². The van der Waals surface area contributed by atoms with Crippen LogP contribution in [-0.4, -0.2) is 90.0 Å². The second-order valence-electron chi connectivity index (χ2n) is 11.3. The summed E-state index contributed by atoms with van der Waals surface area (Å²) in [5, 5.41) is 0.922. The van der Waals surface area contributed by atoms with E-state index >= 15 is 0 Å². The molecule has 2 aromatic carbocycles. The van der Waals surface area contributed by atoms with Crippen LogP contribution < -0.4 is 9.64 Å². The summed E-state index contributed by atoms with van der Waals surface area (Å²) < 4.78 is 43.7. The quantitative estimate of drug-likeness (QED) is 0.296. The third-order valence-corrected chi connectivity index (χ3v) is 8.38. The standard InChI is InChI=1S/C33H35F3N6O2/c1-44-31-11-4-25(21-37-31)23-40-12-16-41(17-13-40)30-10-6-26-20-27(5-9-29(26)38-30)32(43)42-18-14-39(15-19-42)22-24-2-7-28(8-3-24)33(34,35)36/h2-11,20-21H,12-19,22-23H2,1H3. The maximum atomic E-state index is 13.3. The summed E-state index contributed by atoms with van der Waals surface area (Å²) in [6, 6.07) is 19.0. The van der Waals surface area contributed by atoms with E-state index in [9.17, 15) is 18.0 Å². The maximum absolute atomic E-state index is 13.3. The van der Waals surface area contributed by atoms with Crippen molar-refractivity contribution in [3.8, 4) is 5.88 Å². The molecule has 0 unspecified atom stereocenters. The molecule has 2 aliphatic heterocycles. The van der Waals surface area contributed by atoms with Gasteiger partial charge in [0.25, 0.3) is 5.91 Å². The molecule has 8 nitrogen and oxygen atoms in total. The van der Waals surface area contributed by atoms with Crippen LogP contribution in [-0.2, 0) is 19.3 Å². The van der Waals surface area contributed by atoms with Gasteiger partial charge in [-0.25, -0.2) is 9.97 Å². The van der Waals surface area contributed by atoms with Crippen LogP contribution in [0.5, 0.6) is 5.88 Å². The van der Waals surface area contributed by atoms with Crippen molar-refractivity contribution >= 4 is 22.6 Å². The van der Waals surface area contributed by atoms with Crippen LogP contribution >= 0.6 is 0 Å². The molecule has 44 heavy (non-hydrogen) atoms. The number of halogens is 3. The van der Waals surface area contributed by atoms with Gasteiger partial charge in [0.1, 0.15) is 5.82 Å². The van der Waals surface area contributed by atoms with E-state index in [0.29, 0.717) is 44.2 Å². The Morgan fingerprint density at radius 2 is 1.45 bits per heavy atom. The van der Waals surface area contributed by atoms with Crippen LogP contribution in [0.15, 0.2) is 72.9 Å². The van der Waals surface area contributed by atoms with Gasteiger partial charge >= 0.3 is 6.18 Å². The smallest absolute Gasteiger partial charge is 0.416 e. The van der Waals surface area contributed by atoms with Gasteiger partial charge in [-0.15, -0.1) is 0 Å². The predicted octanol–water partition coefficient (Wildman–Crippen LogP) is 4.94. The Morgan fingerprint density at radius 3 is 2.09 bits per heavy atom. The number of carbonyl (C=O) groups excluding carboxylic acids is 1. The van der Waals surface area contributed by atoms with Crippen LogP contribution in [0.4, 0.5) is 19.0 Å². The summed E-state index contributed by atoms with van der Waals surface area (Å²) in [6.45, 7) is 7.47. The van der Waals surface area contributed by atoms with Crippen LogP contribution in [0.1, 0.15) is 27.0 Å². The van der Waals surface area contributed by atoms with Crippen LogP contribution in [0.2, 0.25) is 0 Å². The number of ether oxygens (including phenoxy) is 1. The first-order valence-electron chi connectivity index (χ1n) is 14.8. The zero-order chi connectivity index (χ0) is 30.7. The van der Waals surface area contributed by atoms with Crippen molar-refractivity contribution in [2.24, 2.45) is 0 Å². The summed E-state index contributed by atoms with van der Waals surface area (Å²) in [5.74, 6) is 1.53. The van der Waals surface area contributed by atoms with Crippen molar-refractivity contribution in [3.05, 3.63) is 95.2 Å². The van der Waals surface area contributed by atoms with Crippen LogP contribution in [0.3, 0.4) is 0 Å². The summed E-state index contributed by atoms with van der Waals surface area (Å²) >= 11 is 0. The molecular formula is C33H35F3N6O2. The van der Waals surface area contributed by atoms with Crippen molar-refractivity contribution in [1.29, 1.82) is 0 Å². The molecule has 0 aliphatic carbocycles. The first kappa shape index (κ1) is 29.8. The van der Waals surface area contributed by atoms with Crippen LogP contribution in [0.25, 0.3) is 10.9 Å². The molecule has 2 aliphatic rings. The lowest BCUT2D eigenvalue weighted by molar-refractivity contribution is -0.137. The highest BCUT2D eigenvalue weighted by Crippen LogP contribution is 2.29. The summed E-state index contributed by atoms with van der Waals surface area (Å²) in [7, 11) is 1.62. The number of piperazine rings is 2. The monoisotopic (exact) mass is 604 g/mol. The fourth-order valence-electron chi connectivity index (χ4n) is 5.79. The van der Waals surface area contributed by atoms with Gasteiger partial charge in [-0.1, -0.05) is 18.2 Å². The van der Waals surface area contributed by atoms with E-state index in [-0.39, 0.29) is 5.91 Å². The van der Waals surface area contributed by atoms with Gasteiger partial charge in [0.15, 0.2) is 0 Å². The Kier molecular flexibility index (Phi) is 8.67. The number of methoxy groups -OCH3 is 1. The Morgan fingerprint density at radius 1 is 0.795 bits per heavy atom. The van der Waals surface area contributed by atoms with Gasteiger partial charge in [0.2, 0.25) is 5.88 Å². The number of rotatable bonds is 7. The minimum Gasteiger partial charge on any atom is -0.481 e. The van der Waals surface area contributed by atoms with Crippen molar-refractivity contribution in [2.45, 2.75) is 19.3 Å². The molecule has 0 bridgehead atoms. The number of alkyl halides is 3. The SMILES string of the molecule is COc1ccc(CN2CCN(c3ccc4cc(C(=O)N5CCN(Cc6ccc(C(F)(F)F)cc6)CC5)ccc4n3)CC2)cn1. The highest BCUT2D eigenvalue weighted by atomic mass is 19.4. The molecule has 6 rings (SSSR count). The van der Waals surface area contributed by atoms with E-state index in [0.717, 1.165) is 72.7 Å². The van der Waals surface area contributed by atoms with Gasteiger partial charge < -0.3 is 14.5 Å². The molecule has 0 saturated carbocycles. The normalized spacial score (nSPS) is 16.8. The average Bonchev–Trinajstić information content (AvgIpc) is 3.05. The van der Waals surface area contributed by atoms with E-state index in [1.165, 1.54) is 12.1 Å². The van der Waals surface area contributed by atoms with E-state index in [4.69, 9.17) is 9.72 Å². The van der Waals surface area contributed by atoms with Crippen molar-refractivity contribution in [1.82, 2.24) is 24.7 Å². The maximum Gasteiger partial charge on any atom is 0.416 e. The molecule has 4 aromatic rings. The number of nitrogens with zero attached hydrogens (tertiary/aromatic N) is 6. The molecule has 11 heteroatoms. The summed E-state index contributed by atoms with van der Waals surface area (Å²) in [4.78, 5) is 31.2. The van der Waals surface area contributed by atoms with E-state index < -0.39 is 11.7 Å². The van der Waals surface area contributed by atoms with E-state index in [2.05, 4.69) is 25.8 Å². The highest BCUT2D eigenvalue weighted by molar-refractivity contribution is 5.98. The number of fused-ring (bicyclic) bond motifs is 1. The van der Waals surface area contributed by atoms with Crippen LogP contribution in [0, 0.1) is 0 Å². The zero-order valence-corrected chi connectivity index (χ0v) is 24.6. The molecule has 2 aromatic heterocycles. The lowest BCUT2D eigenvalue weighted by Gasteiger charge is -2.35. The Labute approximate surface area is 254 Å². The second kappa shape index (κ2) is 12.8. The number of carbonyl (C=O) groups is 1. The van der Waals surface area contributed by atoms with Crippen molar-refractivity contribution in [3.63, 3.8) is 0 Å². The minimum absolute atomic E-state index is 0.0201. The lowest BCUT2D eigenvalue weighted by Crippen LogP contribution is -2.48. The molecule has 1 amide bonds. The second-order valence-corrected chi connectivity index (χ2v) is 11.3. The Bertz CT molecular complexity index is 1580. The number of amides is 1. The number of pyridine rings is 2. The highest BCUT2D eigenvalue weighted by Gasteiger charge is 2.30. The van der Waals surface area contributed by atoms with Gasteiger partial charge in [0, 0.05) is 88.7 Å². The predicted molar refractivity (Wildman–Crippen MR) is 163 cm³/mol. The molecule has 0 radical (unpaired) electrons. The molecule has 4 heterocycles. The summed E-state index contributed by atoms with van der Waals surface area (Å²) in [6.07, 6.45) is -2.47. The Hall–Kier alpha value is -4.22. The van der Waals surface area contributed by atoms with E-state index in [1.54, 1.807) is 7.11 Å². The number of anilines is 1. The number of aromatic nitrogens is 2. The molecule has 230 valence electrons. The average molecular weight is 605 g/mol. The molecular weight excluding hydrogens is 569 g/mol. The van der Waals surface area contributed by atoms with Gasteiger partial charge in [-0.05, 0) is 53.6 Å². The molecule has 0 N–H and O–H groups in total. The zero-order valence-electron chi connectivity index (χ0n) is 24.6. The topological polar surface area (TPSA) is 65.0 Å². The number of hydrogen-bond acceptors (Lipinski definition) is 7. The molecule has 2 saturated heterocycles. The molecule has 0 spiro atoms. The minimum atomic E-state index is -4.33. The fraction of sp³-hybridized carbons (Fsp3) is 0.364. The van der Waals surface area contributed by atoms with Crippen molar-refractivity contribution in [2.75, 3.05) is 64.4 Å². The summed E-state index contributed by atoms with van der Waals surface area (Å²) in [5.41, 5.74) is 2.83. The third kappa shape index (κ3) is 6.95. The van der Waals surface area contributed by atoms with E-state index in [1.807, 2.05) is 47.5 Å². The fourth-order valence-corrected chi connectivity index (χ4v) is 5.79. The molecule has 2 fully saturated rings. The first-order valence-corrected chi connectivity index (χ1v) is 14.8. The van der Waals surface area contributed by atoms with Gasteiger partial charge in [-0.3, -0.25) is 14.6 Å². The number of benzene rings is 2. The largest absolute Gasteiger partial charge is 0.481 e. The first-order chi connectivity index (χ1) is 21.2. The number of hydrogen-bond donors (Lipinski definition) is 0. The lowest BCUT2D eigenvalue weighted by atomic mass is 10.1. The molecule has 0 atom stereocenters. The van der Waals surface area contributed by atoms with Gasteiger partial charge in [-0.2, -0.15) is 13.2 Å².